The zero-order valence-corrected chi connectivity index (χ0v) is 14.4. The molecule has 7 nitrogen and oxygen atoms in total. The zero-order chi connectivity index (χ0) is 17.4. The number of rotatable bonds is 3. The standard InChI is InChI=1S/C18H21N5O2/c1-12-9-19-18(20-12)16-11-25-8-7-22(16)17(24)10-23-13(2)21-14-5-3-4-6-15(14)23/h3-6,9,16H,7-8,10-11H2,1-2H3,(H,19,20)/t16-/m0/s1. The molecule has 1 N–H and O–H groups in total. The Morgan fingerprint density at radius 1 is 1.36 bits per heavy atom. The molecule has 1 aromatic carbocycles. The first-order valence-corrected chi connectivity index (χ1v) is 8.44. The van der Waals surface area contributed by atoms with E-state index in [0.717, 1.165) is 28.4 Å². The van der Waals surface area contributed by atoms with Crippen LogP contribution in [0.15, 0.2) is 30.5 Å². The first-order valence-electron chi connectivity index (χ1n) is 8.44. The maximum absolute atomic E-state index is 13.0. The summed E-state index contributed by atoms with van der Waals surface area (Å²) in [5.41, 5.74) is 2.87. The average Bonchev–Trinajstić information content (AvgIpc) is 3.19. The number of hydrogen-bond donors (Lipinski definition) is 1. The van der Waals surface area contributed by atoms with Crippen molar-refractivity contribution in [3.63, 3.8) is 0 Å². The minimum Gasteiger partial charge on any atom is -0.377 e. The number of nitrogens with zero attached hydrogens (tertiary/aromatic N) is 4. The summed E-state index contributed by atoms with van der Waals surface area (Å²) in [5, 5.41) is 0. The fourth-order valence-electron chi connectivity index (χ4n) is 3.35. The normalized spacial score (nSPS) is 18.0. The van der Waals surface area contributed by atoms with Crippen LogP contribution >= 0.6 is 0 Å². The molecule has 2 aromatic heterocycles. The Morgan fingerprint density at radius 3 is 3.00 bits per heavy atom. The number of fused-ring (bicyclic) bond motifs is 1. The van der Waals surface area contributed by atoms with Crippen molar-refractivity contribution in [3.8, 4) is 0 Å². The van der Waals surface area contributed by atoms with Gasteiger partial charge in [0.15, 0.2) is 0 Å². The minimum absolute atomic E-state index is 0.0496. The molecule has 0 aliphatic carbocycles. The molecule has 4 rings (SSSR count). The Labute approximate surface area is 145 Å². The second-order valence-electron chi connectivity index (χ2n) is 6.36. The molecule has 0 radical (unpaired) electrons. The highest BCUT2D eigenvalue weighted by atomic mass is 16.5. The largest absolute Gasteiger partial charge is 0.377 e. The van der Waals surface area contributed by atoms with Gasteiger partial charge in [-0.15, -0.1) is 0 Å². The van der Waals surface area contributed by atoms with Crippen LogP contribution < -0.4 is 0 Å². The number of imidazole rings is 2. The van der Waals surface area contributed by atoms with Crippen molar-refractivity contribution in [3.05, 3.63) is 47.8 Å². The maximum atomic E-state index is 13.0. The van der Waals surface area contributed by atoms with E-state index in [1.54, 1.807) is 6.20 Å². The van der Waals surface area contributed by atoms with Gasteiger partial charge in [0.05, 0.1) is 24.2 Å². The summed E-state index contributed by atoms with van der Waals surface area (Å²) >= 11 is 0. The summed E-state index contributed by atoms with van der Waals surface area (Å²) < 4.78 is 7.55. The van der Waals surface area contributed by atoms with E-state index in [4.69, 9.17) is 4.74 Å². The molecule has 3 aromatic rings. The van der Waals surface area contributed by atoms with E-state index in [1.165, 1.54) is 0 Å². The number of aryl methyl sites for hydroxylation is 2. The van der Waals surface area contributed by atoms with Crippen molar-refractivity contribution in [2.45, 2.75) is 26.4 Å². The van der Waals surface area contributed by atoms with Crippen molar-refractivity contribution in [1.29, 1.82) is 0 Å². The lowest BCUT2D eigenvalue weighted by atomic mass is 10.2. The Morgan fingerprint density at radius 2 is 2.20 bits per heavy atom. The van der Waals surface area contributed by atoms with E-state index in [9.17, 15) is 4.79 Å². The molecule has 1 saturated heterocycles. The molecule has 1 aliphatic rings. The molecule has 1 fully saturated rings. The number of amides is 1. The number of nitrogens with one attached hydrogen (secondary N) is 1. The number of aromatic amines is 1. The lowest BCUT2D eigenvalue weighted by molar-refractivity contribution is -0.141. The van der Waals surface area contributed by atoms with E-state index < -0.39 is 0 Å². The molecule has 3 heterocycles. The Balaban J connectivity index is 1.61. The number of morpholine rings is 1. The van der Waals surface area contributed by atoms with Gasteiger partial charge in [-0.1, -0.05) is 12.1 Å². The van der Waals surface area contributed by atoms with Crippen LogP contribution in [0.1, 0.15) is 23.4 Å². The fourth-order valence-corrected chi connectivity index (χ4v) is 3.35. The van der Waals surface area contributed by atoms with Crippen molar-refractivity contribution >= 4 is 16.9 Å². The Bertz CT molecular complexity index is 913. The first kappa shape index (κ1) is 15.8. The number of hydrogen-bond acceptors (Lipinski definition) is 4. The molecule has 1 amide bonds. The third-order valence-corrected chi connectivity index (χ3v) is 4.63. The third-order valence-electron chi connectivity index (χ3n) is 4.63. The van der Waals surface area contributed by atoms with Crippen LogP contribution in [0, 0.1) is 13.8 Å². The van der Waals surface area contributed by atoms with Gasteiger partial charge in [0.1, 0.15) is 24.2 Å². The van der Waals surface area contributed by atoms with Gasteiger partial charge in [0.25, 0.3) is 0 Å². The van der Waals surface area contributed by atoms with Gasteiger partial charge in [0.2, 0.25) is 5.91 Å². The minimum atomic E-state index is -0.176. The lowest BCUT2D eigenvalue weighted by Crippen LogP contribution is -2.45. The molecular formula is C18H21N5O2. The number of benzene rings is 1. The van der Waals surface area contributed by atoms with Crippen LogP contribution in [0.4, 0.5) is 0 Å². The predicted octanol–water partition coefficient (Wildman–Crippen LogP) is 1.98. The van der Waals surface area contributed by atoms with Crippen LogP contribution in [0.3, 0.4) is 0 Å². The van der Waals surface area contributed by atoms with Gasteiger partial charge in [-0.2, -0.15) is 0 Å². The van der Waals surface area contributed by atoms with Gasteiger partial charge in [-0.05, 0) is 26.0 Å². The quantitative estimate of drug-likeness (QED) is 0.792. The Kier molecular flexibility index (Phi) is 4.01. The number of para-hydroxylation sites is 2. The van der Waals surface area contributed by atoms with Crippen molar-refractivity contribution in [2.24, 2.45) is 0 Å². The number of aromatic nitrogens is 4. The summed E-state index contributed by atoms with van der Waals surface area (Å²) in [6, 6.07) is 7.71. The second kappa shape index (κ2) is 6.33. The number of H-pyrrole nitrogens is 1. The highest BCUT2D eigenvalue weighted by molar-refractivity contribution is 5.81. The second-order valence-corrected chi connectivity index (χ2v) is 6.36. The molecule has 0 unspecified atom stereocenters. The summed E-state index contributed by atoms with van der Waals surface area (Å²) in [6.45, 7) is 5.72. The number of ether oxygens (including phenoxy) is 1. The van der Waals surface area contributed by atoms with E-state index in [0.29, 0.717) is 19.8 Å². The average molecular weight is 339 g/mol. The first-order chi connectivity index (χ1) is 12.1. The smallest absolute Gasteiger partial charge is 0.243 e. The zero-order valence-electron chi connectivity index (χ0n) is 14.4. The van der Waals surface area contributed by atoms with Crippen LogP contribution in [0.5, 0.6) is 0 Å². The summed E-state index contributed by atoms with van der Waals surface area (Å²) in [4.78, 5) is 27.0. The number of carbonyl (C=O) groups is 1. The van der Waals surface area contributed by atoms with Crippen LogP contribution in [0.2, 0.25) is 0 Å². The molecule has 0 saturated carbocycles. The van der Waals surface area contributed by atoms with E-state index in [-0.39, 0.29) is 18.5 Å². The summed E-state index contributed by atoms with van der Waals surface area (Å²) in [7, 11) is 0. The van der Waals surface area contributed by atoms with Crippen molar-refractivity contribution < 1.29 is 9.53 Å². The summed E-state index contributed by atoms with van der Waals surface area (Å²) in [5.74, 6) is 1.67. The fraction of sp³-hybridized carbons (Fsp3) is 0.389. The highest BCUT2D eigenvalue weighted by Crippen LogP contribution is 2.23. The molecule has 0 spiro atoms. The lowest BCUT2D eigenvalue weighted by Gasteiger charge is -2.34. The SMILES string of the molecule is Cc1cnc([C@@H]2COCCN2C(=O)Cn2c(C)nc3ccccc32)[nH]1. The van der Waals surface area contributed by atoms with Gasteiger partial charge < -0.3 is 19.2 Å². The molecule has 1 aliphatic heterocycles. The third kappa shape index (κ3) is 2.91. The summed E-state index contributed by atoms with van der Waals surface area (Å²) in [6.07, 6.45) is 1.78. The molecule has 7 heteroatoms. The topological polar surface area (TPSA) is 76.0 Å². The van der Waals surface area contributed by atoms with E-state index >= 15 is 0 Å². The molecule has 25 heavy (non-hydrogen) atoms. The van der Waals surface area contributed by atoms with Crippen molar-refractivity contribution in [2.75, 3.05) is 19.8 Å². The van der Waals surface area contributed by atoms with Gasteiger partial charge in [-0.25, -0.2) is 9.97 Å². The molecule has 0 bridgehead atoms. The van der Waals surface area contributed by atoms with Crippen molar-refractivity contribution in [1.82, 2.24) is 24.4 Å². The number of carbonyl (C=O) groups excluding carboxylic acids is 1. The highest BCUT2D eigenvalue weighted by Gasteiger charge is 2.31. The van der Waals surface area contributed by atoms with Crippen LogP contribution in [-0.4, -0.2) is 50.1 Å². The molecule has 1 atom stereocenters. The monoisotopic (exact) mass is 339 g/mol. The molecule has 130 valence electrons. The van der Waals surface area contributed by atoms with E-state index in [2.05, 4.69) is 15.0 Å². The maximum Gasteiger partial charge on any atom is 0.243 e. The van der Waals surface area contributed by atoms with Crippen LogP contribution in [0.25, 0.3) is 11.0 Å². The van der Waals surface area contributed by atoms with E-state index in [1.807, 2.05) is 47.6 Å². The van der Waals surface area contributed by atoms with Gasteiger partial charge in [-0.3, -0.25) is 4.79 Å². The Hall–Kier alpha value is -2.67. The molecular weight excluding hydrogens is 318 g/mol. The predicted molar refractivity (Wildman–Crippen MR) is 93.1 cm³/mol. The van der Waals surface area contributed by atoms with Gasteiger partial charge >= 0.3 is 0 Å². The van der Waals surface area contributed by atoms with Gasteiger partial charge in [0, 0.05) is 18.4 Å². The van der Waals surface area contributed by atoms with Crippen LogP contribution in [-0.2, 0) is 16.1 Å².